The molecular weight excluding hydrogens is 324 g/mol. The van der Waals surface area contributed by atoms with Crippen LogP contribution in [0, 0.1) is 0 Å². The molecule has 0 saturated carbocycles. The first kappa shape index (κ1) is 14.5. The van der Waals surface area contributed by atoms with Crippen molar-refractivity contribution in [2.75, 3.05) is 0 Å². The van der Waals surface area contributed by atoms with E-state index in [-0.39, 0.29) is 11.8 Å². The van der Waals surface area contributed by atoms with E-state index in [4.69, 9.17) is 12.2 Å². The number of carbonyl (C=O) groups is 2. The Morgan fingerprint density at radius 2 is 1.88 bits per heavy atom. The minimum absolute atomic E-state index is 0.0306. The molecule has 2 amide bonds. The standard InChI is InChI=1S/C17H12N4O2S/c22-15-13-4-2-9(5-11(13)8-19-15)10-1-3-12(18-7-10)6-14-16(23)21-17(24)20-14/h1-7H,8H2,(H,19,22)(H2,20,21,23,24)/b14-6+. The molecule has 0 aliphatic carbocycles. The first-order chi connectivity index (χ1) is 11.6. The van der Waals surface area contributed by atoms with Crippen LogP contribution in [0.1, 0.15) is 21.6 Å². The lowest BCUT2D eigenvalue weighted by Gasteiger charge is -2.04. The van der Waals surface area contributed by atoms with Gasteiger partial charge in [-0.05, 0) is 47.6 Å². The van der Waals surface area contributed by atoms with Crippen molar-refractivity contribution in [2.45, 2.75) is 6.54 Å². The van der Waals surface area contributed by atoms with Gasteiger partial charge >= 0.3 is 0 Å². The molecule has 0 bridgehead atoms. The highest BCUT2D eigenvalue weighted by Crippen LogP contribution is 2.25. The number of thiocarbonyl (C=S) groups is 1. The number of benzene rings is 1. The van der Waals surface area contributed by atoms with Gasteiger partial charge in [0, 0.05) is 23.9 Å². The number of nitrogens with one attached hydrogen (secondary N) is 3. The van der Waals surface area contributed by atoms with Crippen molar-refractivity contribution >= 4 is 35.2 Å². The van der Waals surface area contributed by atoms with Gasteiger partial charge in [-0.2, -0.15) is 0 Å². The Morgan fingerprint density at radius 3 is 2.58 bits per heavy atom. The van der Waals surface area contributed by atoms with Gasteiger partial charge in [0.1, 0.15) is 5.70 Å². The Bertz CT molecular complexity index is 919. The zero-order chi connectivity index (χ0) is 16.7. The third-order valence-corrected chi connectivity index (χ3v) is 4.13. The number of hydrogen-bond acceptors (Lipinski definition) is 4. The number of amides is 2. The second-order valence-corrected chi connectivity index (χ2v) is 5.90. The van der Waals surface area contributed by atoms with E-state index in [2.05, 4.69) is 20.9 Å². The summed E-state index contributed by atoms with van der Waals surface area (Å²) in [4.78, 5) is 27.6. The van der Waals surface area contributed by atoms with Crippen molar-refractivity contribution in [1.29, 1.82) is 0 Å². The summed E-state index contributed by atoms with van der Waals surface area (Å²) in [5.41, 5.74) is 4.68. The van der Waals surface area contributed by atoms with Crippen LogP contribution in [-0.4, -0.2) is 21.9 Å². The molecule has 0 unspecified atom stereocenters. The van der Waals surface area contributed by atoms with E-state index >= 15 is 0 Å². The number of pyridine rings is 1. The molecule has 4 rings (SSSR count). The van der Waals surface area contributed by atoms with E-state index in [0.717, 1.165) is 22.3 Å². The second-order valence-electron chi connectivity index (χ2n) is 5.49. The fourth-order valence-electron chi connectivity index (χ4n) is 2.70. The van der Waals surface area contributed by atoms with Crippen molar-refractivity contribution < 1.29 is 9.59 Å². The van der Waals surface area contributed by atoms with E-state index in [1.807, 2.05) is 30.3 Å². The van der Waals surface area contributed by atoms with Crippen LogP contribution in [0.4, 0.5) is 0 Å². The Morgan fingerprint density at radius 1 is 1.04 bits per heavy atom. The van der Waals surface area contributed by atoms with Gasteiger partial charge in [0.25, 0.3) is 11.8 Å². The first-order valence-electron chi connectivity index (χ1n) is 7.32. The number of fused-ring (bicyclic) bond motifs is 1. The van der Waals surface area contributed by atoms with Crippen molar-refractivity contribution in [3.63, 3.8) is 0 Å². The maximum atomic E-state index is 11.6. The predicted molar refractivity (Wildman–Crippen MR) is 92.7 cm³/mol. The average molecular weight is 336 g/mol. The van der Waals surface area contributed by atoms with Crippen LogP contribution >= 0.6 is 12.2 Å². The summed E-state index contributed by atoms with van der Waals surface area (Å²) in [5, 5.41) is 8.39. The number of hydrogen-bond donors (Lipinski definition) is 3. The molecule has 2 aliphatic heterocycles. The van der Waals surface area contributed by atoms with Gasteiger partial charge in [0.05, 0.1) is 5.69 Å². The highest BCUT2D eigenvalue weighted by molar-refractivity contribution is 7.80. The molecule has 1 saturated heterocycles. The highest BCUT2D eigenvalue weighted by Gasteiger charge is 2.20. The number of aromatic nitrogens is 1. The number of nitrogens with zero attached hydrogens (tertiary/aromatic N) is 1. The van der Waals surface area contributed by atoms with E-state index in [1.165, 1.54) is 0 Å². The molecular formula is C17H12N4O2S. The van der Waals surface area contributed by atoms with Gasteiger partial charge < -0.3 is 10.6 Å². The van der Waals surface area contributed by atoms with Crippen LogP contribution in [0.2, 0.25) is 0 Å². The minimum atomic E-state index is -0.262. The van der Waals surface area contributed by atoms with Gasteiger partial charge in [0.2, 0.25) is 0 Å². The second kappa shape index (κ2) is 5.54. The van der Waals surface area contributed by atoms with Crippen molar-refractivity contribution in [3.05, 3.63) is 59.0 Å². The topological polar surface area (TPSA) is 83.1 Å². The summed E-state index contributed by atoms with van der Waals surface area (Å²) in [7, 11) is 0. The van der Waals surface area contributed by atoms with Gasteiger partial charge in [0.15, 0.2) is 5.11 Å². The molecule has 6 nitrogen and oxygen atoms in total. The maximum absolute atomic E-state index is 11.6. The molecule has 7 heteroatoms. The highest BCUT2D eigenvalue weighted by atomic mass is 32.1. The normalized spacial score (nSPS) is 17.5. The number of carbonyl (C=O) groups excluding carboxylic acids is 2. The average Bonchev–Trinajstić information content (AvgIpc) is 3.10. The molecule has 3 heterocycles. The smallest absolute Gasteiger partial charge is 0.273 e. The van der Waals surface area contributed by atoms with Gasteiger partial charge in [-0.15, -0.1) is 0 Å². The third-order valence-electron chi connectivity index (χ3n) is 3.92. The molecule has 118 valence electrons. The maximum Gasteiger partial charge on any atom is 0.273 e. The Hall–Kier alpha value is -3.06. The number of rotatable bonds is 2. The van der Waals surface area contributed by atoms with E-state index < -0.39 is 0 Å². The molecule has 24 heavy (non-hydrogen) atoms. The lowest BCUT2D eigenvalue weighted by Crippen LogP contribution is -2.21. The molecule has 1 fully saturated rings. The van der Waals surface area contributed by atoms with Crippen LogP contribution in [0.5, 0.6) is 0 Å². The van der Waals surface area contributed by atoms with Crippen LogP contribution in [-0.2, 0) is 11.3 Å². The Kier molecular flexibility index (Phi) is 3.35. The van der Waals surface area contributed by atoms with Gasteiger partial charge in [-0.1, -0.05) is 12.1 Å². The lowest BCUT2D eigenvalue weighted by atomic mass is 10.0. The Balaban J connectivity index is 1.61. The molecule has 3 N–H and O–H groups in total. The summed E-state index contributed by atoms with van der Waals surface area (Å²) in [6.45, 7) is 0.556. The SMILES string of the molecule is O=C1NC(=S)N/C1=C/c1ccc(-c2ccc3c(c2)CNC3=O)cn1. The summed E-state index contributed by atoms with van der Waals surface area (Å²) < 4.78 is 0. The molecule has 0 spiro atoms. The zero-order valence-electron chi connectivity index (χ0n) is 12.4. The fraction of sp³-hybridized carbons (Fsp3) is 0.0588. The van der Waals surface area contributed by atoms with E-state index in [0.29, 0.717) is 23.0 Å². The summed E-state index contributed by atoms with van der Waals surface area (Å²) in [5.74, 6) is -0.293. The van der Waals surface area contributed by atoms with Crippen molar-refractivity contribution in [3.8, 4) is 11.1 Å². The molecule has 2 aromatic rings. The monoisotopic (exact) mass is 336 g/mol. The van der Waals surface area contributed by atoms with Crippen LogP contribution in [0.25, 0.3) is 17.2 Å². The predicted octanol–water partition coefficient (Wildman–Crippen LogP) is 1.34. The molecule has 1 aromatic heterocycles. The molecule has 1 aromatic carbocycles. The summed E-state index contributed by atoms with van der Waals surface area (Å²) in [6, 6.07) is 9.48. The third kappa shape index (κ3) is 2.55. The van der Waals surface area contributed by atoms with Crippen LogP contribution in [0.15, 0.2) is 42.2 Å². The molecule has 0 radical (unpaired) electrons. The summed E-state index contributed by atoms with van der Waals surface area (Å²) in [6.07, 6.45) is 3.38. The van der Waals surface area contributed by atoms with Gasteiger partial charge in [-0.3, -0.25) is 19.9 Å². The quantitative estimate of drug-likeness (QED) is 0.569. The first-order valence-corrected chi connectivity index (χ1v) is 7.72. The molecule has 2 aliphatic rings. The van der Waals surface area contributed by atoms with Crippen molar-refractivity contribution in [1.82, 2.24) is 20.9 Å². The summed E-state index contributed by atoms with van der Waals surface area (Å²) >= 11 is 4.89. The Labute approximate surface area is 143 Å². The van der Waals surface area contributed by atoms with E-state index in [1.54, 1.807) is 12.3 Å². The van der Waals surface area contributed by atoms with Crippen LogP contribution < -0.4 is 16.0 Å². The lowest BCUT2D eigenvalue weighted by molar-refractivity contribution is -0.115. The van der Waals surface area contributed by atoms with E-state index in [9.17, 15) is 9.59 Å². The molecule has 0 atom stereocenters. The fourth-order valence-corrected chi connectivity index (χ4v) is 2.91. The van der Waals surface area contributed by atoms with Crippen LogP contribution in [0.3, 0.4) is 0 Å². The van der Waals surface area contributed by atoms with Gasteiger partial charge in [-0.25, -0.2) is 0 Å². The largest absolute Gasteiger partial charge is 0.348 e. The van der Waals surface area contributed by atoms with Crippen molar-refractivity contribution in [2.24, 2.45) is 0 Å². The zero-order valence-corrected chi connectivity index (χ0v) is 13.2. The minimum Gasteiger partial charge on any atom is -0.348 e.